The Morgan fingerprint density at radius 2 is 2.17 bits per heavy atom. The first-order valence-electron chi connectivity index (χ1n) is 6.81. The summed E-state index contributed by atoms with van der Waals surface area (Å²) in [4.78, 5) is 11.2. The van der Waals surface area contributed by atoms with Crippen LogP contribution in [0.1, 0.15) is 34.1 Å². The molecule has 0 spiro atoms. The second-order valence-corrected chi connectivity index (χ2v) is 6.09. The normalized spacial score (nSPS) is 20.2. The molecular formula is C14H24N4. The maximum absolute atomic E-state index is 4.61. The zero-order valence-corrected chi connectivity index (χ0v) is 11.9. The number of aromatic nitrogens is 2. The standard InChI is InChI=1S/C14H24N4/c1-5-16-12-8-15-9-13(17-12)18-7-6-11(10-18)14(2,3)4/h8-9,11H,5-7,10H2,1-4H3,(H,16,17). The van der Waals surface area contributed by atoms with Crippen LogP contribution in [0.4, 0.5) is 11.6 Å². The Balaban J connectivity index is 2.07. The molecule has 0 aromatic carbocycles. The van der Waals surface area contributed by atoms with Gasteiger partial charge in [0, 0.05) is 19.6 Å². The highest BCUT2D eigenvalue weighted by Crippen LogP contribution is 2.35. The Hall–Kier alpha value is -1.32. The fourth-order valence-electron chi connectivity index (χ4n) is 2.45. The van der Waals surface area contributed by atoms with Gasteiger partial charge in [-0.25, -0.2) is 4.98 Å². The Bertz CT molecular complexity index is 397. The van der Waals surface area contributed by atoms with Crippen LogP contribution in [0.2, 0.25) is 0 Å². The minimum absolute atomic E-state index is 0.376. The lowest BCUT2D eigenvalue weighted by Crippen LogP contribution is -2.26. The summed E-state index contributed by atoms with van der Waals surface area (Å²) in [5.74, 6) is 2.61. The maximum atomic E-state index is 4.61. The predicted molar refractivity (Wildman–Crippen MR) is 76.0 cm³/mol. The molecule has 1 N–H and O–H groups in total. The van der Waals surface area contributed by atoms with Gasteiger partial charge in [0.2, 0.25) is 0 Å². The molecule has 1 aromatic heterocycles. The molecule has 1 saturated heterocycles. The van der Waals surface area contributed by atoms with Gasteiger partial charge in [0.25, 0.3) is 0 Å². The van der Waals surface area contributed by atoms with Gasteiger partial charge in [0.1, 0.15) is 11.6 Å². The van der Waals surface area contributed by atoms with Crippen molar-refractivity contribution in [1.29, 1.82) is 0 Å². The number of hydrogen-bond donors (Lipinski definition) is 1. The highest BCUT2D eigenvalue weighted by atomic mass is 15.2. The van der Waals surface area contributed by atoms with Crippen molar-refractivity contribution in [2.75, 3.05) is 29.9 Å². The Kier molecular flexibility index (Phi) is 3.73. The van der Waals surface area contributed by atoms with E-state index >= 15 is 0 Å². The highest BCUT2D eigenvalue weighted by Gasteiger charge is 2.32. The molecular weight excluding hydrogens is 224 g/mol. The van der Waals surface area contributed by atoms with Gasteiger partial charge in [-0.15, -0.1) is 0 Å². The molecule has 0 saturated carbocycles. The molecule has 0 radical (unpaired) electrons. The molecule has 2 heterocycles. The fourth-order valence-corrected chi connectivity index (χ4v) is 2.45. The van der Waals surface area contributed by atoms with Crippen molar-refractivity contribution in [3.05, 3.63) is 12.4 Å². The van der Waals surface area contributed by atoms with E-state index in [0.29, 0.717) is 5.41 Å². The topological polar surface area (TPSA) is 41.1 Å². The van der Waals surface area contributed by atoms with Crippen LogP contribution in [-0.2, 0) is 0 Å². The zero-order chi connectivity index (χ0) is 13.2. The summed E-state index contributed by atoms with van der Waals surface area (Å²) in [7, 11) is 0. The van der Waals surface area contributed by atoms with Crippen LogP contribution in [0.25, 0.3) is 0 Å². The Morgan fingerprint density at radius 3 is 2.78 bits per heavy atom. The summed E-state index contributed by atoms with van der Waals surface area (Å²) in [6.45, 7) is 12.1. The molecule has 1 atom stereocenters. The van der Waals surface area contributed by atoms with Crippen LogP contribution < -0.4 is 10.2 Å². The summed E-state index contributed by atoms with van der Waals surface area (Å²) >= 11 is 0. The van der Waals surface area contributed by atoms with E-state index in [4.69, 9.17) is 0 Å². The van der Waals surface area contributed by atoms with Crippen LogP contribution in [0.5, 0.6) is 0 Å². The van der Waals surface area contributed by atoms with Gasteiger partial charge < -0.3 is 10.2 Å². The van der Waals surface area contributed by atoms with E-state index in [0.717, 1.165) is 37.2 Å². The van der Waals surface area contributed by atoms with E-state index in [1.165, 1.54) is 6.42 Å². The molecule has 2 rings (SSSR count). The second kappa shape index (κ2) is 5.12. The van der Waals surface area contributed by atoms with Crippen molar-refractivity contribution in [1.82, 2.24) is 9.97 Å². The first kappa shape index (κ1) is 13.1. The van der Waals surface area contributed by atoms with Gasteiger partial charge in [-0.1, -0.05) is 20.8 Å². The average Bonchev–Trinajstić information content (AvgIpc) is 2.78. The molecule has 100 valence electrons. The predicted octanol–water partition coefficient (Wildman–Crippen LogP) is 2.78. The number of anilines is 2. The number of rotatable bonds is 3. The fraction of sp³-hybridized carbons (Fsp3) is 0.714. The first-order valence-corrected chi connectivity index (χ1v) is 6.81. The molecule has 4 heteroatoms. The molecule has 18 heavy (non-hydrogen) atoms. The van der Waals surface area contributed by atoms with Gasteiger partial charge in [0.15, 0.2) is 0 Å². The van der Waals surface area contributed by atoms with Crippen LogP contribution in [-0.4, -0.2) is 29.6 Å². The van der Waals surface area contributed by atoms with Crippen molar-refractivity contribution >= 4 is 11.6 Å². The summed E-state index contributed by atoms with van der Waals surface area (Å²) in [6, 6.07) is 0. The molecule has 1 aromatic rings. The molecule has 0 amide bonds. The number of nitrogens with one attached hydrogen (secondary N) is 1. The van der Waals surface area contributed by atoms with Crippen molar-refractivity contribution < 1.29 is 0 Å². The van der Waals surface area contributed by atoms with Crippen molar-refractivity contribution in [2.45, 2.75) is 34.1 Å². The average molecular weight is 248 g/mol. The van der Waals surface area contributed by atoms with Crippen LogP contribution in [0, 0.1) is 11.3 Å². The van der Waals surface area contributed by atoms with Gasteiger partial charge in [-0.3, -0.25) is 4.98 Å². The molecule has 0 aliphatic carbocycles. The molecule has 0 bridgehead atoms. The Morgan fingerprint density at radius 1 is 1.39 bits per heavy atom. The minimum atomic E-state index is 0.376. The van der Waals surface area contributed by atoms with Gasteiger partial charge in [0.05, 0.1) is 12.4 Å². The number of nitrogens with zero attached hydrogens (tertiary/aromatic N) is 3. The molecule has 1 fully saturated rings. The maximum Gasteiger partial charge on any atom is 0.149 e. The lowest BCUT2D eigenvalue weighted by atomic mass is 9.80. The van der Waals surface area contributed by atoms with Crippen LogP contribution in [0.15, 0.2) is 12.4 Å². The first-order chi connectivity index (χ1) is 8.50. The third-order valence-corrected chi connectivity index (χ3v) is 3.72. The van der Waals surface area contributed by atoms with Crippen molar-refractivity contribution in [2.24, 2.45) is 11.3 Å². The van der Waals surface area contributed by atoms with Crippen LogP contribution in [0.3, 0.4) is 0 Å². The summed E-state index contributed by atoms with van der Waals surface area (Å²) in [6.07, 6.45) is 4.90. The zero-order valence-electron chi connectivity index (χ0n) is 11.9. The third kappa shape index (κ3) is 2.92. The highest BCUT2D eigenvalue weighted by molar-refractivity contribution is 5.44. The van der Waals surface area contributed by atoms with E-state index in [1.807, 2.05) is 6.20 Å². The lowest BCUT2D eigenvalue weighted by molar-refractivity contribution is 0.263. The van der Waals surface area contributed by atoms with Gasteiger partial charge in [-0.05, 0) is 24.7 Å². The largest absolute Gasteiger partial charge is 0.369 e. The molecule has 1 unspecified atom stereocenters. The van der Waals surface area contributed by atoms with E-state index in [2.05, 4.69) is 47.9 Å². The van der Waals surface area contributed by atoms with Crippen molar-refractivity contribution in [3.8, 4) is 0 Å². The molecule has 1 aliphatic rings. The quantitative estimate of drug-likeness (QED) is 0.893. The van der Waals surface area contributed by atoms with Gasteiger partial charge >= 0.3 is 0 Å². The monoisotopic (exact) mass is 248 g/mol. The van der Waals surface area contributed by atoms with E-state index in [9.17, 15) is 0 Å². The molecule has 1 aliphatic heterocycles. The SMILES string of the molecule is CCNc1cncc(N2CCC(C(C)(C)C)C2)n1. The van der Waals surface area contributed by atoms with E-state index in [-0.39, 0.29) is 0 Å². The van der Waals surface area contributed by atoms with E-state index < -0.39 is 0 Å². The van der Waals surface area contributed by atoms with Gasteiger partial charge in [-0.2, -0.15) is 0 Å². The summed E-state index contributed by atoms with van der Waals surface area (Å²) in [5, 5.41) is 3.21. The lowest BCUT2D eigenvalue weighted by Gasteiger charge is -2.27. The van der Waals surface area contributed by atoms with E-state index in [1.54, 1.807) is 6.20 Å². The minimum Gasteiger partial charge on any atom is -0.369 e. The number of hydrogen-bond acceptors (Lipinski definition) is 4. The smallest absolute Gasteiger partial charge is 0.149 e. The summed E-state index contributed by atoms with van der Waals surface area (Å²) < 4.78 is 0. The van der Waals surface area contributed by atoms with Crippen molar-refractivity contribution in [3.63, 3.8) is 0 Å². The second-order valence-electron chi connectivity index (χ2n) is 6.09. The van der Waals surface area contributed by atoms with Crippen LogP contribution >= 0.6 is 0 Å². The Labute approximate surface area is 110 Å². The summed E-state index contributed by atoms with van der Waals surface area (Å²) in [5.41, 5.74) is 0.376. The molecule has 4 nitrogen and oxygen atoms in total. The third-order valence-electron chi connectivity index (χ3n) is 3.72.